The van der Waals surface area contributed by atoms with Gasteiger partial charge in [-0.15, -0.1) is 0 Å². The Balaban J connectivity index is 2.09. The summed E-state index contributed by atoms with van der Waals surface area (Å²) in [7, 11) is 0. The SMILES string of the molecule is CC(C)C1CNC(C(C)(C)C)CN1CC1C(C)(C)C1(C)C. The molecule has 2 unspecified atom stereocenters. The van der Waals surface area contributed by atoms with E-state index in [-0.39, 0.29) is 0 Å². The standard InChI is InChI=1S/C19H38N2/c1-13(2)14-10-20-16(17(3,4)5)12-21(14)11-15-18(6,7)19(15,8)9/h13-16,20H,10-12H2,1-9H3. The van der Waals surface area contributed by atoms with E-state index in [4.69, 9.17) is 0 Å². The van der Waals surface area contributed by atoms with Gasteiger partial charge < -0.3 is 5.32 Å². The molecule has 1 saturated heterocycles. The number of rotatable bonds is 3. The van der Waals surface area contributed by atoms with Crippen LogP contribution in [0.2, 0.25) is 0 Å². The van der Waals surface area contributed by atoms with E-state index in [9.17, 15) is 0 Å². The van der Waals surface area contributed by atoms with E-state index < -0.39 is 0 Å². The third-order valence-corrected chi connectivity index (χ3v) is 7.01. The highest BCUT2D eigenvalue weighted by Gasteiger charge is 2.64. The summed E-state index contributed by atoms with van der Waals surface area (Å²) in [5, 5.41) is 3.81. The Kier molecular flexibility index (Phi) is 4.30. The Morgan fingerprint density at radius 3 is 2.00 bits per heavy atom. The summed E-state index contributed by atoms with van der Waals surface area (Å²) in [6.07, 6.45) is 0. The first-order valence-electron chi connectivity index (χ1n) is 8.86. The minimum Gasteiger partial charge on any atom is -0.311 e. The fourth-order valence-electron chi connectivity index (χ4n) is 4.30. The van der Waals surface area contributed by atoms with Crippen LogP contribution in [0, 0.1) is 28.1 Å². The Bertz CT molecular complexity index is 362. The highest BCUT2D eigenvalue weighted by atomic mass is 15.2. The molecule has 0 radical (unpaired) electrons. The highest BCUT2D eigenvalue weighted by Crippen LogP contribution is 2.68. The first-order valence-corrected chi connectivity index (χ1v) is 8.86. The maximum absolute atomic E-state index is 3.81. The second kappa shape index (κ2) is 5.23. The van der Waals surface area contributed by atoms with Gasteiger partial charge in [-0.2, -0.15) is 0 Å². The average molecular weight is 295 g/mol. The molecule has 1 heterocycles. The molecule has 0 spiro atoms. The van der Waals surface area contributed by atoms with E-state index in [1.54, 1.807) is 0 Å². The van der Waals surface area contributed by atoms with E-state index >= 15 is 0 Å². The Hall–Kier alpha value is -0.0800. The monoisotopic (exact) mass is 294 g/mol. The fourth-order valence-corrected chi connectivity index (χ4v) is 4.30. The normalized spacial score (nSPS) is 33.4. The van der Waals surface area contributed by atoms with Gasteiger partial charge in [-0.1, -0.05) is 62.3 Å². The molecule has 2 rings (SSSR count). The van der Waals surface area contributed by atoms with Gasteiger partial charge in [-0.3, -0.25) is 4.90 Å². The molecule has 2 nitrogen and oxygen atoms in total. The van der Waals surface area contributed by atoms with Gasteiger partial charge >= 0.3 is 0 Å². The highest BCUT2D eigenvalue weighted by molar-refractivity contribution is 5.13. The summed E-state index contributed by atoms with van der Waals surface area (Å²) < 4.78 is 0. The van der Waals surface area contributed by atoms with Crippen LogP contribution in [0.3, 0.4) is 0 Å². The molecule has 124 valence electrons. The molecule has 2 fully saturated rings. The van der Waals surface area contributed by atoms with E-state index in [1.807, 2.05) is 0 Å². The number of nitrogens with zero attached hydrogens (tertiary/aromatic N) is 1. The molecule has 0 aromatic carbocycles. The molecule has 0 bridgehead atoms. The minimum absolute atomic E-state index is 0.342. The van der Waals surface area contributed by atoms with Gasteiger partial charge in [-0.25, -0.2) is 0 Å². The van der Waals surface area contributed by atoms with Crippen LogP contribution in [0.15, 0.2) is 0 Å². The van der Waals surface area contributed by atoms with Crippen LogP contribution in [0.1, 0.15) is 62.3 Å². The average Bonchev–Trinajstić information content (AvgIpc) is 2.70. The van der Waals surface area contributed by atoms with Crippen LogP contribution >= 0.6 is 0 Å². The fraction of sp³-hybridized carbons (Fsp3) is 1.00. The number of piperazine rings is 1. The van der Waals surface area contributed by atoms with Crippen molar-refractivity contribution in [3.05, 3.63) is 0 Å². The van der Waals surface area contributed by atoms with Gasteiger partial charge in [0.25, 0.3) is 0 Å². The zero-order chi connectivity index (χ0) is 16.2. The zero-order valence-corrected chi connectivity index (χ0v) is 15.9. The van der Waals surface area contributed by atoms with Gasteiger partial charge in [-0.05, 0) is 28.1 Å². The van der Waals surface area contributed by atoms with Crippen LogP contribution in [0.25, 0.3) is 0 Å². The zero-order valence-electron chi connectivity index (χ0n) is 15.9. The summed E-state index contributed by atoms with van der Waals surface area (Å²) in [6, 6.07) is 1.30. The summed E-state index contributed by atoms with van der Waals surface area (Å²) in [5.74, 6) is 1.56. The molecule has 2 aliphatic rings. The molecular weight excluding hydrogens is 256 g/mol. The third-order valence-electron chi connectivity index (χ3n) is 7.01. The lowest BCUT2D eigenvalue weighted by molar-refractivity contribution is 0.0554. The lowest BCUT2D eigenvalue weighted by Gasteiger charge is -2.47. The second-order valence-electron chi connectivity index (χ2n) is 10.1. The van der Waals surface area contributed by atoms with Crippen molar-refractivity contribution in [1.82, 2.24) is 10.2 Å². The van der Waals surface area contributed by atoms with Gasteiger partial charge in [0.15, 0.2) is 0 Å². The lowest BCUT2D eigenvalue weighted by Crippen LogP contribution is -2.62. The summed E-state index contributed by atoms with van der Waals surface area (Å²) in [5.41, 5.74) is 1.34. The smallest absolute Gasteiger partial charge is 0.0244 e. The molecule has 21 heavy (non-hydrogen) atoms. The molecule has 1 aliphatic heterocycles. The van der Waals surface area contributed by atoms with Crippen molar-refractivity contribution >= 4 is 0 Å². The number of hydrogen-bond acceptors (Lipinski definition) is 2. The predicted octanol–water partition coefficient (Wildman–Crippen LogP) is 4.01. The number of nitrogens with one attached hydrogen (secondary N) is 1. The first kappa shape index (κ1) is 17.3. The lowest BCUT2D eigenvalue weighted by atomic mass is 9.83. The van der Waals surface area contributed by atoms with Crippen LogP contribution in [-0.2, 0) is 0 Å². The third kappa shape index (κ3) is 3.03. The van der Waals surface area contributed by atoms with Crippen molar-refractivity contribution < 1.29 is 0 Å². The largest absolute Gasteiger partial charge is 0.311 e. The van der Waals surface area contributed by atoms with Crippen LogP contribution in [0.5, 0.6) is 0 Å². The van der Waals surface area contributed by atoms with Crippen LogP contribution in [0.4, 0.5) is 0 Å². The minimum atomic E-state index is 0.342. The molecule has 2 heteroatoms. The molecule has 0 aromatic heterocycles. The Morgan fingerprint density at radius 2 is 1.62 bits per heavy atom. The van der Waals surface area contributed by atoms with Crippen molar-refractivity contribution in [3.63, 3.8) is 0 Å². The quantitative estimate of drug-likeness (QED) is 0.846. The maximum Gasteiger partial charge on any atom is 0.0244 e. The molecule has 0 amide bonds. The van der Waals surface area contributed by atoms with Gasteiger partial charge in [0.2, 0.25) is 0 Å². The summed E-state index contributed by atoms with van der Waals surface area (Å²) >= 11 is 0. The summed E-state index contributed by atoms with van der Waals surface area (Å²) in [4.78, 5) is 2.80. The second-order valence-corrected chi connectivity index (χ2v) is 10.1. The molecule has 1 N–H and O–H groups in total. The van der Waals surface area contributed by atoms with Crippen LogP contribution in [-0.4, -0.2) is 36.6 Å². The van der Waals surface area contributed by atoms with E-state index in [0.29, 0.717) is 28.3 Å². The Labute approximate surface area is 133 Å². The first-order chi connectivity index (χ1) is 9.39. The number of hydrogen-bond donors (Lipinski definition) is 1. The summed E-state index contributed by atoms with van der Waals surface area (Å²) in [6.45, 7) is 25.3. The van der Waals surface area contributed by atoms with E-state index in [1.165, 1.54) is 13.1 Å². The van der Waals surface area contributed by atoms with Gasteiger partial charge in [0, 0.05) is 31.7 Å². The van der Waals surface area contributed by atoms with Crippen molar-refractivity contribution in [3.8, 4) is 0 Å². The van der Waals surface area contributed by atoms with Gasteiger partial charge in [0.05, 0.1) is 0 Å². The molecule has 1 saturated carbocycles. The molecule has 0 aromatic rings. The molecular formula is C19H38N2. The maximum atomic E-state index is 3.81. The van der Waals surface area contributed by atoms with E-state index in [0.717, 1.165) is 18.4 Å². The molecule has 1 aliphatic carbocycles. The van der Waals surface area contributed by atoms with Crippen molar-refractivity contribution in [1.29, 1.82) is 0 Å². The predicted molar refractivity (Wildman–Crippen MR) is 92.5 cm³/mol. The Morgan fingerprint density at radius 1 is 1.10 bits per heavy atom. The van der Waals surface area contributed by atoms with Gasteiger partial charge in [0.1, 0.15) is 0 Å². The van der Waals surface area contributed by atoms with Crippen molar-refractivity contribution in [2.24, 2.45) is 28.1 Å². The van der Waals surface area contributed by atoms with Crippen LogP contribution < -0.4 is 5.32 Å². The molecule has 2 atom stereocenters. The van der Waals surface area contributed by atoms with Crippen molar-refractivity contribution in [2.45, 2.75) is 74.4 Å². The van der Waals surface area contributed by atoms with Crippen molar-refractivity contribution in [2.75, 3.05) is 19.6 Å². The topological polar surface area (TPSA) is 15.3 Å². The van der Waals surface area contributed by atoms with E-state index in [2.05, 4.69) is 72.5 Å².